The Hall–Kier alpha value is -13.0. The number of methoxy groups -OCH3 is 3. The Labute approximate surface area is 820 Å². The van der Waals surface area contributed by atoms with Crippen LogP contribution in [0.25, 0.3) is 56.7 Å². The topological polar surface area (TPSA) is 284 Å². The number of imidazole rings is 3. The number of esters is 2. The molecule has 720 valence electrons. The monoisotopic (exact) mass is 1980 g/mol. The number of carboxylic acid groups (broad SMARTS) is 1. The molecule has 7 heterocycles. The Morgan fingerprint density at radius 3 is 0.964 bits per heavy atom. The number of halogens is 1. The predicted molar refractivity (Wildman–Crippen MR) is 549 cm³/mol. The smallest absolute Gasteiger partial charge is 0.494 e. The highest BCUT2D eigenvalue weighted by atomic mass is 79.9. The van der Waals surface area contributed by atoms with Crippen molar-refractivity contribution in [2.75, 3.05) is 41.2 Å². The fourth-order valence-corrected chi connectivity index (χ4v) is 16.0. The molecule has 0 atom stereocenters. The van der Waals surface area contributed by atoms with Crippen LogP contribution in [0.3, 0.4) is 0 Å². The molecule has 14 aromatic rings. The lowest BCUT2D eigenvalue weighted by Crippen LogP contribution is -2.41. The molecule has 8 aromatic carbocycles. The zero-order chi connectivity index (χ0) is 98.4. The minimum Gasteiger partial charge on any atom is -0.497 e. The van der Waals surface area contributed by atoms with Crippen LogP contribution in [0, 0.1) is 0 Å². The minimum atomic E-state index is -1.24. The standard InChI is InChI=1S/C36H39N3O5Si.C29H33N3O5Si.C22H26BrN3O3Si.C20H25BO4/c1-41-31-15-10-28(11-16-31)24-43-32-17-12-29(13-18-32)33-19-14-30(22-37-33)35-38-34(23-39(35)26-42-20-21-45(2,3)4)36(40)44-25-27-8-6-5-7-9-27;1-35-24-10-5-21(6-11-24)19-37-25-12-7-22(8-13-25)26-14-9-23(17-30-26)28-31-27(29(33)34)18-32(28)20-36-15-16-38(2,3)4;1-30(2,3)12-11-28-16-26-14-19(22(27)29-15-17-7-5-4-6-8-17)25-21(26)18-9-10-20(23)24-13-18;1-19(2)20(3,4)25-21(24-19)16-8-12-18(13-9-16)23-14-15-6-10-17(22-5)11-7-15/h5-19,22-23H,20-21,24-26H2,1-4H3;5-14,17-18H,15-16,19-20H2,1-4H3,(H,33,34);4-10,13-14H,11-12,15-16H2,1-3H3;6-13H,14H2,1-5H3. The molecule has 6 aromatic heterocycles. The zero-order valence-corrected chi connectivity index (χ0v) is 86.0. The van der Waals surface area contributed by atoms with Crippen LogP contribution in [0.2, 0.25) is 77.1 Å². The highest BCUT2D eigenvalue weighted by Gasteiger charge is 2.51. The number of nitrogens with zero attached hydrogens (tertiary/aromatic N) is 9. The van der Waals surface area contributed by atoms with Gasteiger partial charge in [-0.25, -0.2) is 34.3 Å². The summed E-state index contributed by atoms with van der Waals surface area (Å²) in [5.41, 5.74) is 11.6. The Bertz CT molecular complexity index is 6150. The number of carboxylic acids is 1. The van der Waals surface area contributed by atoms with Crippen LogP contribution in [-0.2, 0) is 86.2 Å². The summed E-state index contributed by atoms with van der Waals surface area (Å²) in [6.07, 6.45) is 10.1. The number of rotatable bonds is 40. The van der Waals surface area contributed by atoms with Gasteiger partial charge < -0.3 is 80.2 Å². The lowest BCUT2D eigenvalue weighted by Gasteiger charge is -2.32. The molecule has 1 N–H and O–H groups in total. The van der Waals surface area contributed by atoms with Crippen LogP contribution in [0.4, 0.5) is 0 Å². The molecule has 0 unspecified atom stereocenters. The van der Waals surface area contributed by atoms with E-state index in [1.54, 1.807) is 56.9 Å². The molecule has 15 rings (SSSR count). The molecule has 1 saturated heterocycles. The first-order valence-corrected chi connectivity index (χ1v) is 57.6. The van der Waals surface area contributed by atoms with Gasteiger partial charge in [0.2, 0.25) is 0 Å². The van der Waals surface area contributed by atoms with Crippen molar-refractivity contribution in [2.45, 2.75) is 169 Å². The number of benzene rings is 8. The summed E-state index contributed by atoms with van der Waals surface area (Å²) in [6.45, 7) is 33.6. The van der Waals surface area contributed by atoms with Gasteiger partial charge in [0.05, 0.1) is 43.9 Å². The minimum absolute atomic E-state index is 0.0249. The second-order valence-corrected chi connectivity index (χ2v) is 55.3. The third kappa shape index (κ3) is 32.1. The van der Waals surface area contributed by atoms with Gasteiger partial charge in [0.25, 0.3) is 0 Å². The molecule has 31 heteroatoms. The van der Waals surface area contributed by atoms with Crippen molar-refractivity contribution in [3.05, 3.63) is 329 Å². The molecule has 0 radical (unpaired) electrons. The van der Waals surface area contributed by atoms with Gasteiger partial charge in [-0.1, -0.05) is 168 Å². The lowest BCUT2D eigenvalue weighted by molar-refractivity contribution is 0.00578. The average Bonchev–Trinajstić information content (AvgIpc) is 1.65. The van der Waals surface area contributed by atoms with Gasteiger partial charge >= 0.3 is 25.0 Å². The predicted octanol–water partition coefficient (Wildman–Crippen LogP) is 23.0. The average molecular weight is 1980 g/mol. The van der Waals surface area contributed by atoms with Gasteiger partial charge in [0, 0.05) is 109 Å². The second kappa shape index (κ2) is 49.4. The van der Waals surface area contributed by atoms with Crippen molar-refractivity contribution in [3.63, 3.8) is 0 Å². The molecule has 0 spiro atoms. The van der Waals surface area contributed by atoms with Crippen LogP contribution in [0.5, 0.6) is 34.5 Å². The normalized spacial score (nSPS) is 12.6. The van der Waals surface area contributed by atoms with Crippen LogP contribution < -0.4 is 33.9 Å². The molecule has 138 heavy (non-hydrogen) atoms. The number of hydrogen-bond donors (Lipinski definition) is 1. The van der Waals surface area contributed by atoms with Crippen LogP contribution in [0.1, 0.15) is 87.0 Å². The Morgan fingerprint density at radius 1 is 0.362 bits per heavy atom. The summed E-state index contributed by atoms with van der Waals surface area (Å²) in [6, 6.07) is 80.7. The molecule has 1 aliphatic heterocycles. The van der Waals surface area contributed by atoms with E-state index in [9.17, 15) is 19.5 Å². The van der Waals surface area contributed by atoms with Gasteiger partial charge in [-0.2, -0.15) is 0 Å². The third-order valence-corrected chi connectivity index (χ3v) is 28.1. The number of carbonyl (C=O) groups excluding carboxylic acids is 2. The number of hydrogen-bond acceptors (Lipinski definition) is 22. The largest absolute Gasteiger partial charge is 0.497 e. The summed E-state index contributed by atoms with van der Waals surface area (Å²) in [5.74, 6) is 4.52. The van der Waals surface area contributed by atoms with E-state index < -0.39 is 42.1 Å². The fourth-order valence-electron chi connectivity index (χ4n) is 13.5. The van der Waals surface area contributed by atoms with E-state index >= 15 is 0 Å². The fraction of sp³-hybridized carbons (Fsp3) is 0.299. The first kappa shape index (κ1) is 104. The van der Waals surface area contributed by atoms with Crippen LogP contribution in [0.15, 0.2) is 284 Å². The molecular weight excluding hydrogens is 1860 g/mol. The highest BCUT2D eigenvalue weighted by molar-refractivity contribution is 9.10. The molecule has 1 fully saturated rings. The SMILES string of the molecule is COc1ccc(COc2ccc(-c3ccc(-c4nc(C(=O)O)cn4COCC[Si](C)(C)C)cn3)cc2)cc1.COc1ccc(COc2ccc(-c3ccc(-c4nc(C(=O)OCc5ccccc5)cn4COCC[Si](C)(C)C)cn3)cc2)cc1.COc1ccc(COc2ccc(B3OC(C)(C)C(C)(C)O3)cc2)cc1.C[Si](C)(C)CCOCn1cc(C(=O)OCc2ccccc2)nc1-c1ccc(Br)nc1. The van der Waals surface area contributed by atoms with E-state index in [-0.39, 0.29) is 62.1 Å². The summed E-state index contributed by atoms with van der Waals surface area (Å²) < 4.78 is 80.2. The highest BCUT2D eigenvalue weighted by Crippen LogP contribution is 2.38. The molecule has 0 aliphatic carbocycles. The van der Waals surface area contributed by atoms with Crippen molar-refractivity contribution >= 4 is 70.6 Å². The molecule has 0 amide bonds. The van der Waals surface area contributed by atoms with Gasteiger partial charge in [-0.15, -0.1) is 0 Å². The van der Waals surface area contributed by atoms with Gasteiger partial charge in [-0.3, -0.25) is 9.97 Å². The Morgan fingerprint density at radius 2 is 0.659 bits per heavy atom. The van der Waals surface area contributed by atoms with Crippen LogP contribution >= 0.6 is 15.9 Å². The second-order valence-electron chi connectivity index (χ2n) is 37.6. The quantitative estimate of drug-likeness (QED) is 0.0162. The number of aromatic carboxylic acids is 1. The van der Waals surface area contributed by atoms with E-state index in [1.807, 2.05) is 252 Å². The molecular formula is C107H123BBrN9O17Si3. The number of carbonyl (C=O) groups is 3. The van der Waals surface area contributed by atoms with E-state index in [0.717, 1.165) is 130 Å². The van der Waals surface area contributed by atoms with Gasteiger partial charge in [-0.05, 0) is 228 Å². The summed E-state index contributed by atoms with van der Waals surface area (Å²) in [5, 5.41) is 9.45. The van der Waals surface area contributed by atoms with Gasteiger partial charge in [0.1, 0.15) is 110 Å². The van der Waals surface area contributed by atoms with Crippen molar-refractivity contribution in [2.24, 2.45) is 0 Å². The molecule has 1 aliphatic rings. The van der Waals surface area contributed by atoms with Crippen LogP contribution in [-0.4, -0.2) is 150 Å². The zero-order valence-electron chi connectivity index (χ0n) is 81.4. The maximum absolute atomic E-state index is 12.9. The number of aromatic nitrogens is 9. The number of pyridine rings is 3. The van der Waals surface area contributed by atoms with Crippen molar-refractivity contribution in [1.29, 1.82) is 0 Å². The summed E-state index contributed by atoms with van der Waals surface area (Å²) in [4.78, 5) is 64.1. The Kier molecular flexibility index (Phi) is 37.2. The maximum atomic E-state index is 12.9. The lowest BCUT2D eigenvalue weighted by atomic mass is 9.79. The number of ether oxygens (including phenoxy) is 11. The van der Waals surface area contributed by atoms with Crippen molar-refractivity contribution < 1.29 is 80.9 Å². The first-order chi connectivity index (χ1) is 66.1. The summed E-state index contributed by atoms with van der Waals surface area (Å²) in [7, 11) is 0.977. The van der Waals surface area contributed by atoms with Crippen molar-refractivity contribution in [1.82, 2.24) is 43.6 Å². The molecule has 0 saturated carbocycles. The van der Waals surface area contributed by atoms with E-state index in [4.69, 9.17) is 66.4 Å². The summed E-state index contributed by atoms with van der Waals surface area (Å²) >= 11 is 3.34. The van der Waals surface area contributed by atoms with E-state index in [0.29, 0.717) is 63.8 Å². The molecule has 26 nitrogen and oxygen atoms in total. The molecule has 0 bridgehead atoms. The van der Waals surface area contributed by atoms with E-state index in [2.05, 4.69) is 127 Å². The van der Waals surface area contributed by atoms with Crippen molar-refractivity contribution in [3.8, 4) is 91.2 Å². The third-order valence-electron chi connectivity index (χ3n) is 22.5. The first-order valence-electron chi connectivity index (χ1n) is 45.7. The Balaban J connectivity index is 0.000000169. The van der Waals surface area contributed by atoms with Gasteiger partial charge in [0.15, 0.2) is 17.1 Å². The van der Waals surface area contributed by atoms with E-state index in [1.165, 1.54) is 6.20 Å². The maximum Gasteiger partial charge on any atom is 0.494 e.